The zero-order valence-electron chi connectivity index (χ0n) is 18.9. The van der Waals surface area contributed by atoms with E-state index in [1.807, 2.05) is 12.3 Å². The lowest BCUT2D eigenvalue weighted by Gasteiger charge is -2.31. The smallest absolute Gasteiger partial charge is 0.323 e. The fourth-order valence-electron chi connectivity index (χ4n) is 4.48. The van der Waals surface area contributed by atoms with Crippen LogP contribution in [0.2, 0.25) is 5.02 Å². The second-order valence-corrected chi connectivity index (χ2v) is 11.0. The van der Waals surface area contributed by atoms with Crippen LogP contribution in [0.25, 0.3) is 10.9 Å². The van der Waals surface area contributed by atoms with E-state index in [0.29, 0.717) is 17.9 Å². The summed E-state index contributed by atoms with van der Waals surface area (Å²) in [4.78, 5) is 10.9. The number of sulfonamides is 1. The maximum atomic E-state index is 14.7. The van der Waals surface area contributed by atoms with Gasteiger partial charge in [0.05, 0.1) is 11.6 Å². The summed E-state index contributed by atoms with van der Waals surface area (Å²) in [6.07, 6.45) is 2.73. The Hall–Kier alpha value is -2.62. The van der Waals surface area contributed by atoms with E-state index in [1.54, 1.807) is 30.5 Å². The van der Waals surface area contributed by atoms with Crippen molar-refractivity contribution in [1.82, 2.24) is 8.87 Å². The van der Waals surface area contributed by atoms with Crippen LogP contribution in [0.1, 0.15) is 38.2 Å². The first-order chi connectivity index (χ1) is 16.1. The SMILES string of the molecule is CC(C)Oc1ccc(S(=O)(=O)N2CCC(c3cn(CC(=O)O)c4cc(Cl)ccc34)CC2)c(F)c1. The number of aliphatic carboxylic acids is 1. The molecule has 4 rings (SSSR count). The Morgan fingerprint density at radius 2 is 1.91 bits per heavy atom. The lowest BCUT2D eigenvalue weighted by atomic mass is 9.90. The van der Waals surface area contributed by atoms with Crippen molar-refractivity contribution in [2.45, 2.75) is 50.2 Å². The van der Waals surface area contributed by atoms with Gasteiger partial charge in [-0.3, -0.25) is 4.79 Å². The van der Waals surface area contributed by atoms with E-state index in [4.69, 9.17) is 16.3 Å². The van der Waals surface area contributed by atoms with E-state index >= 15 is 0 Å². The average molecular weight is 509 g/mol. The molecule has 0 spiro atoms. The third-order valence-corrected chi connectivity index (χ3v) is 8.13. The molecule has 1 saturated heterocycles. The molecule has 0 unspecified atom stereocenters. The number of aromatic nitrogens is 1. The van der Waals surface area contributed by atoms with Gasteiger partial charge in [0.2, 0.25) is 10.0 Å². The first-order valence-electron chi connectivity index (χ1n) is 11.0. The number of carbonyl (C=O) groups is 1. The predicted octanol–water partition coefficient (Wildman–Crippen LogP) is 4.87. The fourth-order valence-corrected chi connectivity index (χ4v) is 6.16. The molecule has 0 saturated carbocycles. The number of halogens is 2. The number of carboxylic acid groups (broad SMARTS) is 1. The Labute approximate surface area is 202 Å². The highest BCUT2D eigenvalue weighted by Crippen LogP contribution is 2.37. The monoisotopic (exact) mass is 508 g/mol. The van der Waals surface area contributed by atoms with Crippen molar-refractivity contribution in [2.75, 3.05) is 13.1 Å². The molecule has 1 aromatic heterocycles. The molecule has 0 amide bonds. The highest BCUT2D eigenvalue weighted by atomic mass is 35.5. The second-order valence-electron chi connectivity index (χ2n) is 8.70. The number of nitrogens with zero attached hydrogens (tertiary/aromatic N) is 2. The van der Waals surface area contributed by atoms with Crippen LogP contribution >= 0.6 is 11.6 Å². The van der Waals surface area contributed by atoms with Gasteiger partial charge in [0.1, 0.15) is 23.0 Å². The Kier molecular flexibility index (Phi) is 6.89. The topological polar surface area (TPSA) is 88.8 Å². The second kappa shape index (κ2) is 9.56. The van der Waals surface area contributed by atoms with Crippen LogP contribution in [0.15, 0.2) is 47.5 Å². The normalized spacial score (nSPS) is 15.8. The van der Waals surface area contributed by atoms with Gasteiger partial charge >= 0.3 is 5.97 Å². The molecule has 2 heterocycles. The molecule has 1 N–H and O–H groups in total. The van der Waals surface area contributed by atoms with Gasteiger partial charge in [-0.1, -0.05) is 17.7 Å². The van der Waals surface area contributed by atoms with Crippen LogP contribution < -0.4 is 4.74 Å². The summed E-state index contributed by atoms with van der Waals surface area (Å²) in [6, 6.07) is 9.17. The Morgan fingerprint density at radius 1 is 1.21 bits per heavy atom. The van der Waals surface area contributed by atoms with Crippen LogP contribution in [0.4, 0.5) is 4.39 Å². The number of hydrogen-bond acceptors (Lipinski definition) is 4. The van der Waals surface area contributed by atoms with Gasteiger partial charge in [-0.15, -0.1) is 0 Å². The molecule has 1 fully saturated rings. The minimum atomic E-state index is -4.00. The highest BCUT2D eigenvalue weighted by Gasteiger charge is 2.33. The molecule has 34 heavy (non-hydrogen) atoms. The summed E-state index contributed by atoms with van der Waals surface area (Å²) >= 11 is 6.12. The quantitative estimate of drug-likeness (QED) is 0.491. The average Bonchev–Trinajstić information content (AvgIpc) is 3.10. The molecule has 1 aliphatic heterocycles. The summed E-state index contributed by atoms with van der Waals surface area (Å²) in [5.41, 5.74) is 1.69. The summed E-state index contributed by atoms with van der Waals surface area (Å²) in [5.74, 6) is -1.48. The molecule has 0 atom stereocenters. The fraction of sp³-hybridized carbons (Fsp3) is 0.375. The predicted molar refractivity (Wildman–Crippen MR) is 127 cm³/mol. The Bertz CT molecular complexity index is 1330. The van der Waals surface area contributed by atoms with Crippen LogP contribution in [0.5, 0.6) is 5.75 Å². The maximum Gasteiger partial charge on any atom is 0.323 e. The number of fused-ring (bicyclic) bond motifs is 1. The standard InChI is InChI=1S/C24H26ClFN2O5S/c1-15(2)33-18-4-6-23(21(26)12-18)34(31,32)28-9-7-16(8-10-28)20-13-27(14-24(29)30)22-11-17(25)3-5-19(20)22/h3-6,11-13,15-16H,7-10,14H2,1-2H3,(H,29,30). The number of piperidine rings is 1. The molecule has 3 aromatic rings. The van der Waals surface area contributed by atoms with Gasteiger partial charge < -0.3 is 14.4 Å². The molecule has 2 aromatic carbocycles. The number of carboxylic acids is 1. The summed E-state index contributed by atoms with van der Waals surface area (Å²) < 4.78 is 49.3. The van der Waals surface area contributed by atoms with Crippen molar-refractivity contribution in [3.63, 3.8) is 0 Å². The molecular weight excluding hydrogens is 483 g/mol. The molecule has 0 aliphatic carbocycles. The first kappa shape index (κ1) is 24.5. The van der Waals surface area contributed by atoms with Gasteiger partial charge in [0.25, 0.3) is 0 Å². The van der Waals surface area contributed by atoms with Crippen molar-refractivity contribution < 1.29 is 27.4 Å². The van der Waals surface area contributed by atoms with E-state index in [-0.39, 0.29) is 42.3 Å². The van der Waals surface area contributed by atoms with Crippen LogP contribution in [-0.4, -0.2) is 47.6 Å². The van der Waals surface area contributed by atoms with Gasteiger partial charge in [-0.25, -0.2) is 12.8 Å². The number of hydrogen-bond donors (Lipinski definition) is 1. The Balaban J connectivity index is 1.54. The third kappa shape index (κ3) is 4.92. The van der Waals surface area contributed by atoms with Crippen LogP contribution in [0, 0.1) is 5.82 Å². The zero-order chi connectivity index (χ0) is 24.6. The lowest BCUT2D eigenvalue weighted by molar-refractivity contribution is -0.137. The van der Waals surface area contributed by atoms with Crippen LogP contribution in [0.3, 0.4) is 0 Å². The Morgan fingerprint density at radius 3 is 2.53 bits per heavy atom. The largest absolute Gasteiger partial charge is 0.491 e. The molecular formula is C24H26ClFN2O5S. The minimum absolute atomic E-state index is 0.0387. The zero-order valence-corrected chi connectivity index (χ0v) is 20.4. The van der Waals surface area contributed by atoms with Gasteiger partial charge in [-0.05, 0) is 62.4 Å². The van der Waals surface area contributed by atoms with E-state index in [9.17, 15) is 22.7 Å². The highest BCUT2D eigenvalue weighted by molar-refractivity contribution is 7.89. The lowest BCUT2D eigenvalue weighted by Crippen LogP contribution is -2.38. The van der Waals surface area contributed by atoms with E-state index in [1.165, 1.54) is 16.4 Å². The van der Waals surface area contributed by atoms with Gasteiger partial charge in [0.15, 0.2) is 0 Å². The van der Waals surface area contributed by atoms with Crippen molar-refractivity contribution in [3.05, 3.63) is 59.0 Å². The number of ether oxygens (including phenoxy) is 1. The third-order valence-electron chi connectivity index (χ3n) is 5.97. The molecule has 1 aliphatic rings. The maximum absolute atomic E-state index is 14.7. The van der Waals surface area contributed by atoms with E-state index < -0.39 is 21.8 Å². The number of benzene rings is 2. The molecule has 7 nitrogen and oxygen atoms in total. The van der Waals surface area contributed by atoms with Gasteiger partial charge in [-0.2, -0.15) is 4.31 Å². The molecule has 0 radical (unpaired) electrons. The van der Waals surface area contributed by atoms with Gasteiger partial charge in [0, 0.05) is 35.8 Å². The summed E-state index contributed by atoms with van der Waals surface area (Å²) in [7, 11) is -4.00. The van der Waals surface area contributed by atoms with Crippen LogP contribution in [-0.2, 0) is 21.4 Å². The van der Waals surface area contributed by atoms with Crippen molar-refractivity contribution >= 4 is 38.5 Å². The van der Waals surface area contributed by atoms with Crippen molar-refractivity contribution in [2.24, 2.45) is 0 Å². The molecule has 182 valence electrons. The molecule has 0 bridgehead atoms. The van der Waals surface area contributed by atoms with E-state index in [2.05, 4.69) is 0 Å². The molecule has 10 heteroatoms. The van der Waals surface area contributed by atoms with E-state index in [0.717, 1.165) is 22.5 Å². The van der Waals surface area contributed by atoms with Crippen molar-refractivity contribution in [1.29, 1.82) is 0 Å². The summed E-state index contributed by atoms with van der Waals surface area (Å²) in [5, 5.41) is 10.7. The first-order valence-corrected chi connectivity index (χ1v) is 12.8. The number of rotatable bonds is 7. The minimum Gasteiger partial charge on any atom is -0.491 e. The van der Waals surface area contributed by atoms with Crippen molar-refractivity contribution in [3.8, 4) is 5.75 Å². The summed E-state index contributed by atoms with van der Waals surface area (Å²) in [6.45, 7) is 3.88.